The number of nitrogens with one attached hydrogen (secondary N) is 1. The Kier molecular flexibility index (Phi) is 7.29. The van der Waals surface area contributed by atoms with Crippen LogP contribution in [0, 0.1) is 5.92 Å². The number of carbonyl (C=O) groups is 2. The number of carbonyl (C=O) groups excluding carboxylic acids is 1. The summed E-state index contributed by atoms with van der Waals surface area (Å²) in [5.74, 6) is -0.484. The molecule has 0 aliphatic rings. The van der Waals surface area contributed by atoms with Gasteiger partial charge in [-0.3, -0.25) is 4.79 Å². The molecule has 6 nitrogen and oxygen atoms in total. The van der Waals surface area contributed by atoms with Crippen molar-refractivity contribution in [1.82, 2.24) is 0 Å². The standard InChI is InChI=1S/C19H20ClNO5/c1-13(9-10-25-15-5-3-2-4-6-15)19(24)21-14-7-8-17(16(20)11-14)26-12-18(22)23/h2-8,11,13H,9-10,12H2,1H3,(H,21,24)(H,22,23). The molecule has 2 aromatic rings. The predicted octanol–water partition coefficient (Wildman–Crippen LogP) is 3.85. The van der Waals surface area contributed by atoms with Crippen molar-refractivity contribution < 1.29 is 24.2 Å². The summed E-state index contributed by atoms with van der Waals surface area (Å²) in [7, 11) is 0. The van der Waals surface area contributed by atoms with E-state index in [0.29, 0.717) is 18.7 Å². The van der Waals surface area contributed by atoms with E-state index in [-0.39, 0.29) is 22.6 Å². The maximum Gasteiger partial charge on any atom is 0.341 e. The molecule has 0 radical (unpaired) electrons. The maximum absolute atomic E-state index is 12.2. The summed E-state index contributed by atoms with van der Waals surface area (Å²) in [6.07, 6.45) is 0.564. The molecule has 1 atom stereocenters. The fourth-order valence-electron chi connectivity index (χ4n) is 2.10. The lowest BCUT2D eigenvalue weighted by Gasteiger charge is -2.14. The number of anilines is 1. The third-order valence-electron chi connectivity index (χ3n) is 3.56. The van der Waals surface area contributed by atoms with E-state index >= 15 is 0 Å². The van der Waals surface area contributed by atoms with Crippen LogP contribution in [0.4, 0.5) is 5.69 Å². The summed E-state index contributed by atoms with van der Waals surface area (Å²) in [6.45, 7) is 1.76. The second-order valence-electron chi connectivity index (χ2n) is 5.67. The van der Waals surface area contributed by atoms with Crippen molar-refractivity contribution in [1.29, 1.82) is 0 Å². The van der Waals surface area contributed by atoms with Crippen molar-refractivity contribution in [2.75, 3.05) is 18.5 Å². The zero-order valence-electron chi connectivity index (χ0n) is 14.3. The molecule has 1 amide bonds. The molecule has 0 aliphatic carbocycles. The van der Waals surface area contributed by atoms with E-state index < -0.39 is 12.6 Å². The van der Waals surface area contributed by atoms with Gasteiger partial charge in [-0.1, -0.05) is 36.7 Å². The molecule has 2 aromatic carbocycles. The van der Waals surface area contributed by atoms with E-state index in [1.807, 2.05) is 37.3 Å². The second kappa shape index (κ2) is 9.68. The van der Waals surface area contributed by atoms with Crippen LogP contribution < -0.4 is 14.8 Å². The Hall–Kier alpha value is -2.73. The van der Waals surface area contributed by atoms with Gasteiger partial charge in [0.05, 0.1) is 11.6 Å². The molecule has 2 rings (SSSR count). The molecule has 138 valence electrons. The average molecular weight is 378 g/mol. The average Bonchev–Trinajstić information content (AvgIpc) is 2.61. The molecule has 0 bridgehead atoms. The van der Waals surface area contributed by atoms with E-state index in [1.54, 1.807) is 6.07 Å². The number of carboxylic acid groups (broad SMARTS) is 1. The molecule has 0 spiro atoms. The number of rotatable bonds is 9. The Bertz CT molecular complexity index is 751. The number of benzene rings is 2. The first-order chi connectivity index (χ1) is 12.5. The minimum Gasteiger partial charge on any atom is -0.494 e. The summed E-state index contributed by atoms with van der Waals surface area (Å²) in [4.78, 5) is 22.8. The van der Waals surface area contributed by atoms with Gasteiger partial charge in [-0.25, -0.2) is 4.79 Å². The van der Waals surface area contributed by atoms with Gasteiger partial charge >= 0.3 is 5.97 Å². The van der Waals surface area contributed by atoms with Crippen LogP contribution in [-0.4, -0.2) is 30.2 Å². The Balaban J connectivity index is 1.82. The van der Waals surface area contributed by atoms with Gasteiger partial charge in [0.2, 0.25) is 5.91 Å². The Labute approximate surface area is 156 Å². The Morgan fingerprint density at radius 3 is 2.54 bits per heavy atom. The van der Waals surface area contributed by atoms with Crippen LogP contribution in [-0.2, 0) is 9.59 Å². The molecule has 0 saturated heterocycles. The van der Waals surface area contributed by atoms with Crippen LogP contribution in [0.25, 0.3) is 0 Å². The van der Waals surface area contributed by atoms with Gasteiger partial charge in [0.1, 0.15) is 11.5 Å². The van der Waals surface area contributed by atoms with Crippen molar-refractivity contribution in [3.8, 4) is 11.5 Å². The number of para-hydroxylation sites is 1. The van der Waals surface area contributed by atoms with Crippen LogP contribution >= 0.6 is 11.6 Å². The first-order valence-corrected chi connectivity index (χ1v) is 8.46. The third kappa shape index (κ3) is 6.29. The minimum absolute atomic E-state index is 0.156. The molecule has 26 heavy (non-hydrogen) atoms. The van der Waals surface area contributed by atoms with Gasteiger partial charge < -0.3 is 19.9 Å². The fraction of sp³-hybridized carbons (Fsp3) is 0.263. The Morgan fingerprint density at radius 2 is 1.88 bits per heavy atom. The van der Waals surface area contributed by atoms with Crippen LogP contribution in [0.2, 0.25) is 5.02 Å². The number of hydrogen-bond acceptors (Lipinski definition) is 4. The van der Waals surface area contributed by atoms with E-state index in [4.69, 9.17) is 26.2 Å². The van der Waals surface area contributed by atoms with Crippen LogP contribution in [0.1, 0.15) is 13.3 Å². The zero-order valence-corrected chi connectivity index (χ0v) is 15.0. The molecule has 0 fully saturated rings. The normalized spacial score (nSPS) is 11.5. The molecule has 7 heteroatoms. The number of amides is 1. The lowest BCUT2D eigenvalue weighted by molar-refractivity contribution is -0.139. The highest BCUT2D eigenvalue weighted by Gasteiger charge is 2.14. The minimum atomic E-state index is -1.09. The van der Waals surface area contributed by atoms with Crippen molar-refractivity contribution in [3.63, 3.8) is 0 Å². The van der Waals surface area contributed by atoms with E-state index in [9.17, 15) is 9.59 Å². The number of hydrogen-bond donors (Lipinski definition) is 2. The van der Waals surface area contributed by atoms with Crippen LogP contribution in [0.3, 0.4) is 0 Å². The lowest BCUT2D eigenvalue weighted by Crippen LogP contribution is -2.22. The molecule has 0 heterocycles. The van der Waals surface area contributed by atoms with Crippen molar-refractivity contribution >= 4 is 29.2 Å². The van der Waals surface area contributed by atoms with Crippen LogP contribution in [0.5, 0.6) is 11.5 Å². The molecule has 0 aromatic heterocycles. The molecule has 0 aliphatic heterocycles. The highest BCUT2D eigenvalue weighted by atomic mass is 35.5. The highest BCUT2D eigenvalue weighted by Crippen LogP contribution is 2.28. The molecule has 2 N–H and O–H groups in total. The SMILES string of the molecule is CC(CCOc1ccccc1)C(=O)Nc1ccc(OCC(=O)O)c(Cl)c1. The summed E-state index contributed by atoms with van der Waals surface area (Å²) in [5, 5.41) is 11.6. The molecular formula is C19H20ClNO5. The van der Waals surface area contributed by atoms with Gasteiger partial charge in [0.15, 0.2) is 6.61 Å². The largest absolute Gasteiger partial charge is 0.494 e. The molecule has 1 unspecified atom stereocenters. The number of aliphatic carboxylic acids is 1. The van der Waals surface area contributed by atoms with Crippen molar-refractivity contribution in [2.45, 2.75) is 13.3 Å². The topological polar surface area (TPSA) is 84.9 Å². The molecule has 0 saturated carbocycles. The summed E-state index contributed by atoms with van der Waals surface area (Å²) in [5.41, 5.74) is 0.513. The number of carboxylic acids is 1. The van der Waals surface area contributed by atoms with Crippen molar-refractivity contribution in [2.24, 2.45) is 5.92 Å². The first kappa shape index (κ1) is 19.6. The summed E-state index contributed by atoms with van der Waals surface area (Å²) >= 11 is 6.04. The number of ether oxygens (including phenoxy) is 2. The number of halogens is 1. The fourth-order valence-corrected chi connectivity index (χ4v) is 2.34. The monoisotopic (exact) mass is 377 g/mol. The van der Waals surface area contributed by atoms with Gasteiger partial charge in [0.25, 0.3) is 0 Å². The summed E-state index contributed by atoms with van der Waals surface area (Å²) < 4.78 is 10.6. The highest BCUT2D eigenvalue weighted by molar-refractivity contribution is 6.32. The maximum atomic E-state index is 12.2. The third-order valence-corrected chi connectivity index (χ3v) is 3.86. The smallest absolute Gasteiger partial charge is 0.341 e. The predicted molar refractivity (Wildman–Crippen MR) is 98.9 cm³/mol. The van der Waals surface area contributed by atoms with E-state index in [2.05, 4.69) is 5.32 Å². The quantitative estimate of drug-likeness (QED) is 0.693. The van der Waals surface area contributed by atoms with Crippen LogP contribution in [0.15, 0.2) is 48.5 Å². The Morgan fingerprint density at radius 1 is 1.15 bits per heavy atom. The van der Waals surface area contributed by atoms with E-state index in [0.717, 1.165) is 5.75 Å². The van der Waals surface area contributed by atoms with E-state index in [1.165, 1.54) is 12.1 Å². The van der Waals surface area contributed by atoms with Gasteiger partial charge in [0, 0.05) is 11.6 Å². The van der Waals surface area contributed by atoms with Gasteiger partial charge in [-0.2, -0.15) is 0 Å². The van der Waals surface area contributed by atoms with Gasteiger partial charge in [-0.05, 0) is 36.8 Å². The lowest BCUT2D eigenvalue weighted by atomic mass is 10.1. The van der Waals surface area contributed by atoms with Crippen molar-refractivity contribution in [3.05, 3.63) is 53.6 Å². The second-order valence-corrected chi connectivity index (χ2v) is 6.08. The molecular weight excluding hydrogens is 358 g/mol. The van der Waals surface area contributed by atoms with Gasteiger partial charge in [-0.15, -0.1) is 0 Å². The zero-order chi connectivity index (χ0) is 18.9. The summed E-state index contributed by atoms with van der Waals surface area (Å²) in [6, 6.07) is 14.0. The first-order valence-electron chi connectivity index (χ1n) is 8.08.